The lowest BCUT2D eigenvalue weighted by atomic mass is 10.5. The number of ether oxygens (including phenoxy) is 3. The standard InChI is InChI=1S/C19H36O6Si/c1-5-8-11-20-14-17-23-26(4,24-18-15-21-12-9-6-2)25-19-16-22-13-10-7-3/h5-7H,1-3,8-19H2,4H3. The van der Waals surface area contributed by atoms with Crippen LogP contribution in [0.15, 0.2) is 38.0 Å². The van der Waals surface area contributed by atoms with Gasteiger partial charge in [0.2, 0.25) is 0 Å². The van der Waals surface area contributed by atoms with Crippen LogP contribution in [-0.2, 0) is 27.5 Å². The van der Waals surface area contributed by atoms with Gasteiger partial charge < -0.3 is 27.5 Å². The summed E-state index contributed by atoms with van der Waals surface area (Å²) in [7, 11) is -2.76. The fourth-order valence-corrected chi connectivity index (χ4v) is 3.40. The molecule has 6 nitrogen and oxygen atoms in total. The van der Waals surface area contributed by atoms with Crippen LogP contribution in [0.1, 0.15) is 19.3 Å². The summed E-state index contributed by atoms with van der Waals surface area (Å²) in [6.45, 7) is 17.5. The zero-order chi connectivity index (χ0) is 19.3. The highest BCUT2D eigenvalue weighted by atomic mass is 28.4. The second kappa shape index (κ2) is 19.0. The molecule has 0 heterocycles. The molecule has 0 bridgehead atoms. The van der Waals surface area contributed by atoms with E-state index in [9.17, 15) is 0 Å². The van der Waals surface area contributed by atoms with Crippen LogP contribution in [0.3, 0.4) is 0 Å². The molecule has 0 fully saturated rings. The summed E-state index contributed by atoms with van der Waals surface area (Å²) in [6, 6.07) is 0. The molecular weight excluding hydrogens is 352 g/mol. The lowest BCUT2D eigenvalue weighted by Gasteiger charge is -2.26. The van der Waals surface area contributed by atoms with Crippen molar-refractivity contribution in [3.05, 3.63) is 38.0 Å². The minimum atomic E-state index is -2.76. The first-order chi connectivity index (χ1) is 12.7. The molecule has 0 amide bonds. The molecule has 152 valence electrons. The molecule has 0 aliphatic heterocycles. The van der Waals surface area contributed by atoms with E-state index in [0.717, 1.165) is 19.3 Å². The van der Waals surface area contributed by atoms with Crippen LogP contribution in [0.4, 0.5) is 0 Å². The summed E-state index contributed by atoms with van der Waals surface area (Å²) in [5.74, 6) is 0. The molecule has 0 unspecified atom stereocenters. The molecule has 7 heteroatoms. The molecule has 0 saturated heterocycles. The Kier molecular flexibility index (Phi) is 18.4. The van der Waals surface area contributed by atoms with Gasteiger partial charge >= 0.3 is 8.80 Å². The molecule has 0 aliphatic rings. The molecule has 0 radical (unpaired) electrons. The first-order valence-corrected chi connectivity index (χ1v) is 11.4. The average molecular weight is 389 g/mol. The van der Waals surface area contributed by atoms with Crippen molar-refractivity contribution in [2.45, 2.75) is 25.8 Å². The normalized spacial score (nSPS) is 11.4. The van der Waals surface area contributed by atoms with Crippen molar-refractivity contribution in [2.75, 3.05) is 59.5 Å². The summed E-state index contributed by atoms with van der Waals surface area (Å²) in [4.78, 5) is 0. The van der Waals surface area contributed by atoms with Gasteiger partial charge in [0, 0.05) is 6.55 Å². The van der Waals surface area contributed by atoms with E-state index in [0.29, 0.717) is 59.5 Å². The molecule has 0 aromatic heterocycles. The van der Waals surface area contributed by atoms with Gasteiger partial charge in [-0.3, -0.25) is 0 Å². The van der Waals surface area contributed by atoms with Gasteiger partial charge in [0.05, 0.1) is 59.5 Å². The van der Waals surface area contributed by atoms with Crippen LogP contribution in [0.25, 0.3) is 0 Å². The Morgan fingerprint density at radius 2 is 0.846 bits per heavy atom. The maximum atomic E-state index is 5.87. The monoisotopic (exact) mass is 388 g/mol. The molecule has 0 aliphatic carbocycles. The Morgan fingerprint density at radius 3 is 1.12 bits per heavy atom. The number of hydrogen-bond acceptors (Lipinski definition) is 6. The predicted molar refractivity (Wildman–Crippen MR) is 106 cm³/mol. The second-order valence-electron chi connectivity index (χ2n) is 5.48. The Morgan fingerprint density at radius 1 is 0.538 bits per heavy atom. The summed E-state index contributed by atoms with van der Waals surface area (Å²) < 4.78 is 34.0. The van der Waals surface area contributed by atoms with E-state index in [4.69, 9.17) is 27.5 Å². The van der Waals surface area contributed by atoms with E-state index in [1.807, 2.05) is 24.8 Å². The van der Waals surface area contributed by atoms with Crippen molar-refractivity contribution in [1.82, 2.24) is 0 Å². The molecular formula is C19H36O6Si. The first-order valence-electron chi connectivity index (χ1n) is 9.16. The van der Waals surface area contributed by atoms with Crippen molar-refractivity contribution < 1.29 is 27.5 Å². The van der Waals surface area contributed by atoms with Gasteiger partial charge in [0.1, 0.15) is 0 Å². The molecule has 0 N–H and O–H groups in total. The molecule has 26 heavy (non-hydrogen) atoms. The summed E-state index contributed by atoms with van der Waals surface area (Å²) in [5.41, 5.74) is 0. The van der Waals surface area contributed by atoms with E-state index >= 15 is 0 Å². The zero-order valence-corrected chi connectivity index (χ0v) is 17.3. The Hall–Kier alpha value is -0.803. The van der Waals surface area contributed by atoms with Crippen LogP contribution in [0.5, 0.6) is 0 Å². The molecule has 0 saturated carbocycles. The van der Waals surface area contributed by atoms with Gasteiger partial charge in [0.25, 0.3) is 0 Å². The van der Waals surface area contributed by atoms with Crippen LogP contribution < -0.4 is 0 Å². The fourth-order valence-electron chi connectivity index (χ4n) is 1.79. The predicted octanol–water partition coefficient (Wildman–Crippen LogP) is 3.38. The maximum absolute atomic E-state index is 5.87. The molecule has 0 rings (SSSR count). The molecule has 0 spiro atoms. The van der Waals surface area contributed by atoms with Gasteiger partial charge in [-0.1, -0.05) is 18.2 Å². The van der Waals surface area contributed by atoms with Gasteiger partial charge in [-0.2, -0.15) is 0 Å². The van der Waals surface area contributed by atoms with E-state index < -0.39 is 8.80 Å². The fraction of sp³-hybridized carbons (Fsp3) is 0.684. The second-order valence-corrected chi connectivity index (χ2v) is 8.07. The smallest absolute Gasteiger partial charge is 0.379 e. The molecule has 0 aromatic carbocycles. The highest BCUT2D eigenvalue weighted by Crippen LogP contribution is 2.09. The minimum Gasteiger partial charge on any atom is -0.379 e. The van der Waals surface area contributed by atoms with Crippen molar-refractivity contribution in [3.63, 3.8) is 0 Å². The maximum Gasteiger partial charge on any atom is 0.497 e. The third kappa shape index (κ3) is 16.7. The van der Waals surface area contributed by atoms with E-state index in [2.05, 4.69) is 19.7 Å². The quantitative estimate of drug-likeness (QED) is 0.171. The molecule has 0 aromatic rings. The third-order valence-electron chi connectivity index (χ3n) is 3.17. The van der Waals surface area contributed by atoms with Crippen LogP contribution >= 0.6 is 0 Å². The number of rotatable bonds is 21. The number of hydrogen-bond donors (Lipinski definition) is 0. The largest absolute Gasteiger partial charge is 0.497 e. The van der Waals surface area contributed by atoms with E-state index in [-0.39, 0.29) is 0 Å². The van der Waals surface area contributed by atoms with Gasteiger partial charge in [-0.25, -0.2) is 0 Å². The van der Waals surface area contributed by atoms with Crippen LogP contribution in [-0.4, -0.2) is 68.3 Å². The third-order valence-corrected chi connectivity index (χ3v) is 5.36. The summed E-state index contributed by atoms with van der Waals surface area (Å²) in [6.07, 6.45) is 7.95. The zero-order valence-electron chi connectivity index (χ0n) is 16.3. The van der Waals surface area contributed by atoms with Crippen LogP contribution in [0.2, 0.25) is 6.55 Å². The minimum absolute atomic E-state index is 0.425. The van der Waals surface area contributed by atoms with Crippen molar-refractivity contribution >= 4 is 8.80 Å². The lowest BCUT2D eigenvalue weighted by molar-refractivity contribution is 0.00537. The average Bonchev–Trinajstić information content (AvgIpc) is 2.64. The van der Waals surface area contributed by atoms with Gasteiger partial charge in [-0.05, 0) is 19.3 Å². The summed E-state index contributed by atoms with van der Waals surface area (Å²) in [5, 5.41) is 0. The lowest BCUT2D eigenvalue weighted by Crippen LogP contribution is -2.45. The van der Waals surface area contributed by atoms with Crippen molar-refractivity contribution in [2.24, 2.45) is 0 Å². The highest BCUT2D eigenvalue weighted by Gasteiger charge is 2.34. The van der Waals surface area contributed by atoms with E-state index in [1.54, 1.807) is 0 Å². The first kappa shape index (κ1) is 25.2. The SMILES string of the molecule is C=CCCOCCO[Si](C)(OCCOCCC=C)OCCOCCC=C. The Labute approximate surface area is 160 Å². The molecule has 0 atom stereocenters. The topological polar surface area (TPSA) is 55.4 Å². The van der Waals surface area contributed by atoms with Crippen molar-refractivity contribution in [1.29, 1.82) is 0 Å². The van der Waals surface area contributed by atoms with Crippen molar-refractivity contribution in [3.8, 4) is 0 Å². The Bertz CT molecular complexity index is 301. The summed E-state index contributed by atoms with van der Waals surface area (Å²) >= 11 is 0. The van der Waals surface area contributed by atoms with Crippen LogP contribution in [0, 0.1) is 0 Å². The van der Waals surface area contributed by atoms with Gasteiger partial charge in [-0.15, -0.1) is 19.7 Å². The highest BCUT2D eigenvalue weighted by molar-refractivity contribution is 6.59. The van der Waals surface area contributed by atoms with Gasteiger partial charge in [0.15, 0.2) is 0 Å². The van der Waals surface area contributed by atoms with E-state index in [1.165, 1.54) is 0 Å². The Balaban J connectivity index is 4.07.